The quantitative estimate of drug-likeness (QED) is 0.255. The van der Waals surface area contributed by atoms with E-state index in [1.54, 1.807) is 48.5 Å². The van der Waals surface area contributed by atoms with Crippen LogP contribution in [0.1, 0.15) is 5.56 Å². The van der Waals surface area contributed by atoms with Crippen LogP contribution >= 0.6 is 50.7 Å². The van der Waals surface area contributed by atoms with Crippen molar-refractivity contribution < 1.29 is 23.9 Å². The van der Waals surface area contributed by atoms with Crippen molar-refractivity contribution in [3.05, 3.63) is 91.3 Å². The van der Waals surface area contributed by atoms with Crippen LogP contribution in [0.15, 0.2) is 70.7 Å². The molecule has 1 aliphatic heterocycles. The fourth-order valence-electron chi connectivity index (χ4n) is 3.32. The maximum atomic E-state index is 13.0. The summed E-state index contributed by atoms with van der Waals surface area (Å²) in [5, 5.41) is 5.41. The summed E-state index contributed by atoms with van der Waals surface area (Å²) in [6, 6.07) is 14.9. The molecule has 5 amide bonds. The van der Waals surface area contributed by atoms with Crippen LogP contribution in [0.4, 0.5) is 16.2 Å². The van der Waals surface area contributed by atoms with Crippen LogP contribution in [0, 0.1) is 0 Å². The van der Waals surface area contributed by atoms with Gasteiger partial charge in [0, 0.05) is 15.2 Å². The lowest BCUT2D eigenvalue weighted by Crippen LogP contribution is -2.54. The third kappa shape index (κ3) is 6.31. The molecule has 1 fully saturated rings. The molecule has 3 aromatic rings. The molecule has 0 bridgehead atoms. The molecular weight excluding hydrogens is 609 g/mol. The largest absolute Gasteiger partial charge is 0.481 e. The molecule has 0 aliphatic carbocycles. The molecule has 0 saturated carbocycles. The van der Waals surface area contributed by atoms with E-state index in [-0.39, 0.29) is 33.7 Å². The zero-order valence-electron chi connectivity index (χ0n) is 18.6. The fraction of sp³-hybridized carbons (Fsp3) is 0.0400. The first-order chi connectivity index (χ1) is 17.6. The van der Waals surface area contributed by atoms with Gasteiger partial charge in [0.05, 0.1) is 15.7 Å². The zero-order valence-corrected chi connectivity index (χ0v) is 22.4. The van der Waals surface area contributed by atoms with Crippen LogP contribution in [0.3, 0.4) is 0 Å². The van der Waals surface area contributed by atoms with Gasteiger partial charge in [-0.2, -0.15) is 0 Å². The SMILES string of the molecule is O=C(COc1c(Cl)cc(/C=C2\C(=O)NC(=O)N(c3ccc(Br)cc3)C2=O)cc1Cl)Nc1ccc(Cl)cc1. The van der Waals surface area contributed by atoms with E-state index < -0.39 is 23.8 Å². The highest BCUT2D eigenvalue weighted by Gasteiger charge is 2.36. The highest BCUT2D eigenvalue weighted by molar-refractivity contribution is 9.10. The Morgan fingerprint density at radius 3 is 2.22 bits per heavy atom. The van der Waals surface area contributed by atoms with Crippen molar-refractivity contribution in [2.45, 2.75) is 0 Å². The van der Waals surface area contributed by atoms with Crippen LogP contribution in [0.2, 0.25) is 15.1 Å². The summed E-state index contributed by atoms with van der Waals surface area (Å²) in [5.74, 6) is -2.09. The number of rotatable bonds is 6. The van der Waals surface area contributed by atoms with Gasteiger partial charge in [-0.3, -0.25) is 19.7 Å². The Kier molecular flexibility index (Phi) is 8.19. The Labute approximate surface area is 234 Å². The van der Waals surface area contributed by atoms with E-state index in [9.17, 15) is 19.2 Å². The van der Waals surface area contributed by atoms with Gasteiger partial charge in [-0.1, -0.05) is 50.7 Å². The van der Waals surface area contributed by atoms with E-state index in [4.69, 9.17) is 39.5 Å². The summed E-state index contributed by atoms with van der Waals surface area (Å²) in [6.07, 6.45) is 1.25. The summed E-state index contributed by atoms with van der Waals surface area (Å²) in [6.45, 7) is -0.381. The van der Waals surface area contributed by atoms with Crippen LogP contribution in [-0.4, -0.2) is 30.4 Å². The highest BCUT2D eigenvalue weighted by atomic mass is 79.9. The highest BCUT2D eigenvalue weighted by Crippen LogP contribution is 2.35. The Morgan fingerprint density at radius 1 is 0.973 bits per heavy atom. The van der Waals surface area contributed by atoms with E-state index in [2.05, 4.69) is 26.6 Å². The van der Waals surface area contributed by atoms with Gasteiger partial charge >= 0.3 is 6.03 Å². The van der Waals surface area contributed by atoms with Crippen LogP contribution in [-0.2, 0) is 14.4 Å². The van der Waals surface area contributed by atoms with Gasteiger partial charge in [-0.25, -0.2) is 9.69 Å². The van der Waals surface area contributed by atoms with E-state index in [0.29, 0.717) is 16.3 Å². The first-order valence-corrected chi connectivity index (χ1v) is 12.4. The number of carbonyl (C=O) groups is 4. The van der Waals surface area contributed by atoms with Crippen LogP contribution < -0.4 is 20.3 Å². The van der Waals surface area contributed by atoms with Gasteiger partial charge in [0.2, 0.25) is 0 Å². The van der Waals surface area contributed by atoms with Crippen LogP contribution in [0.5, 0.6) is 5.75 Å². The molecule has 4 rings (SSSR count). The van der Waals surface area contributed by atoms with E-state index in [0.717, 1.165) is 9.37 Å². The minimum absolute atomic E-state index is 0.0443. The molecule has 37 heavy (non-hydrogen) atoms. The number of halogens is 4. The van der Waals surface area contributed by atoms with E-state index in [1.165, 1.54) is 18.2 Å². The number of anilines is 2. The average Bonchev–Trinajstić information content (AvgIpc) is 2.84. The second kappa shape index (κ2) is 11.4. The Morgan fingerprint density at radius 2 is 1.59 bits per heavy atom. The lowest BCUT2D eigenvalue weighted by molar-refractivity contribution is -0.122. The summed E-state index contributed by atoms with van der Waals surface area (Å²) >= 11 is 21.7. The first kappa shape index (κ1) is 26.7. The Hall–Kier alpha value is -3.37. The van der Waals surface area contributed by atoms with Crippen molar-refractivity contribution in [1.82, 2.24) is 5.32 Å². The fourth-order valence-corrected chi connectivity index (χ4v) is 4.32. The molecule has 0 aromatic heterocycles. The average molecular weight is 624 g/mol. The summed E-state index contributed by atoms with van der Waals surface area (Å²) in [7, 11) is 0. The smallest absolute Gasteiger partial charge is 0.335 e. The third-order valence-corrected chi connectivity index (χ3v) is 6.34. The molecule has 0 atom stereocenters. The summed E-state index contributed by atoms with van der Waals surface area (Å²) in [5.41, 5.74) is 0.811. The van der Waals surface area contributed by atoms with E-state index >= 15 is 0 Å². The molecular formula is C25H15BrCl3N3O5. The second-order valence-electron chi connectivity index (χ2n) is 7.59. The van der Waals surface area contributed by atoms with Crippen molar-refractivity contribution in [2.75, 3.05) is 16.8 Å². The van der Waals surface area contributed by atoms with Crippen LogP contribution in [0.25, 0.3) is 6.08 Å². The van der Waals surface area contributed by atoms with Crippen molar-refractivity contribution in [2.24, 2.45) is 0 Å². The minimum atomic E-state index is -0.869. The lowest BCUT2D eigenvalue weighted by atomic mass is 10.1. The predicted molar refractivity (Wildman–Crippen MR) is 145 cm³/mol. The Balaban J connectivity index is 1.51. The standard InChI is InChI=1S/C25H15BrCl3N3O5/c26-14-1-7-17(8-2-14)32-24(35)18(23(34)31-25(32)36)9-13-10-19(28)22(20(29)11-13)37-12-21(33)30-16-5-3-15(27)4-6-16/h1-11H,12H2,(H,30,33)(H,31,34,36)/b18-9+. The number of ether oxygens (including phenoxy) is 1. The maximum absolute atomic E-state index is 13.0. The minimum Gasteiger partial charge on any atom is -0.481 e. The molecule has 188 valence electrons. The second-order valence-corrected chi connectivity index (χ2v) is 9.76. The van der Waals surface area contributed by atoms with Crippen molar-refractivity contribution in [3.63, 3.8) is 0 Å². The molecule has 3 aromatic carbocycles. The van der Waals surface area contributed by atoms with Gasteiger partial charge in [-0.15, -0.1) is 0 Å². The Bertz CT molecular complexity index is 1420. The van der Waals surface area contributed by atoms with Gasteiger partial charge in [0.15, 0.2) is 12.4 Å². The monoisotopic (exact) mass is 621 g/mol. The van der Waals surface area contributed by atoms with Gasteiger partial charge in [0.1, 0.15) is 5.57 Å². The number of barbiturate groups is 1. The predicted octanol–water partition coefficient (Wildman–Crippen LogP) is 6.09. The third-order valence-electron chi connectivity index (χ3n) is 4.99. The lowest BCUT2D eigenvalue weighted by Gasteiger charge is -2.26. The molecule has 1 aliphatic rings. The number of benzene rings is 3. The molecule has 12 heteroatoms. The number of nitrogens with one attached hydrogen (secondary N) is 2. The first-order valence-electron chi connectivity index (χ1n) is 10.5. The maximum Gasteiger partial charge on any atom is 0.335 e. The molecule has 0 unspecified atom stereocenters. The normalized spacial score (nSPS) is 14.5. The topological polar surface area (TPSA) is 105 Å². The molecule has 2 N–H and O–H groups in total. The van der Waals surface area contributed by atoms with E-state index in [1.807, 2.05) is 0 Å². The van der Waals surface area contributed by atoms with Crippen molar-refractivity contribution >= 4 is 91.9 Å². The number of hydrogen-bond acceptors (Lipinski definition) is 5. The van der Waals surface area contributed by atoms with Gasteiger partial charge in [-0.05, 0) is 72.3 Å². The van der Waals surface area contributed by atoms with Gasteiger partial charge in [0.25, 0.3) is 17.7 Å². The zero-order chi connectivity index (χ0) is 26.7. The number of hydrogen-bond donors (Lipinski definition) is 2. The van der Waals surface area contributed by atoms with Crippen molar-refractivity contribution in [1.29, 1.82) is 0 Å². The number of carbonyl (C=O) groups excluding carboxylic acids is 4. The molecule has 8 nitrogen and oxygen atoms in total. The summed E-state index contributed by atoms with van der Waals surface area (Å²) < 4.78 is 6.24. The van der Waals surface area contributed by atoms with Gasteiger partial charge < -0.3 is 10.1 Å². The summed E-state index contributed by atoms with van der Waals surface area (Å²) in [4.78, 5) is 50.9. The molecule has 1 heterocycles. The number of nitrogens with zero attached hydrogens (tertiary/aromatic N) is 1. The number of urea groups is 1. The number of imide groups is 2. The molecule has 0 spiro atoms. The van der Waals surface area contributed by atoms with Crippen molar-refractivity contribution in [3.8, 4) is 5.75 Å². The number of amides is 5. The molecule has 0 radical (unpaired) electrons. The molecule has 1 saturated heterocycles.